The van der Waals surface area contributed by atoms with Crippen LogP contribution in [0.3, 0.4) is 0 Å². The standard InChI is InChI=1S/C43H33N5.C41H29N5.C40H27N5/c1-26-20-27(2)23-30(22-26)41-44-42(31-24-28(3)21-29(4)25-31)46-43(45-41)48-38-17-11-9-15-34(38)36-19-18-35-33-14-8-10-16-37(33)47(39(35)40(36)48)32-12-6-5-7-13-32;1-26-18-22-35-33(24-26)31-20-21-32-34-25-27(2)19-23-36(34)46(38(32)37(31)45(35)30-16-10-5-11-17-30)41-43-39(28-12-6-3-7-13-28)42-40(44-41)29-14-8-4-9-15-29;1-26-25-32-30-21-11-13-23-33(30)44(29-19-9-4-10-20-29)36(32)37-35(26)31-22-12-14-24-34(31)45(37)40-42-38(27-15-5-2-6-16-27)41-39(43-40)28-17-7-3-8-18-28/h5-25H,1-4H3;3-25H,1-2H3;2-25H,1H3. The Hall–Kier alpha value is -18.2. The van der Waals surface area contributed by atoms with E-state index in [1.807, 2.05) is 72.8 Å². The van der Waals surface area contributed by atoms with E-state index in [1.54, 1.807) is 0 Å². The van der Waals surface area contributed by atoms with Crippen molar-refractivity contribution in [2.75, 3.05) is 0 Å². The number of para-hydroxylation sites is 7. The van der Waals surface area contributed by atoms with Crippen molar-refractivity contribution in [1.29, 1.82) is 0 Å². The highest BCUT2D eigenvalue weighted by atomic mass is 15.2. The van der Waals surface area contributed by atoms with E-state index in [2.05, 4.69) is 416 Å². The lowest BCUT2D eigenvalue weighted by Crippen LogP contribution is -2.07. The van der Waals surface area contributed by atoms with Gasteiger partial charge in [0.15, 0.2) is 34.9 Å². The van der Waals surface area contributed by atoms with Crippen LogP contribution in [0.1, 0.15) is 38.9 Å². The molecular weight excluding hydrogens is 1700 g/mol. The smallest absolute Gasteiger partial charge is 0.238 e. The minimum absolute atomic E-state index is 0.588. The van der Waals surface area contributed by atoms with Crippen LogP contribution in [0.25, 0.3) is 234 Å². The zero-order valence-corrected chi connectivity index (χ0v) is 77.5. The first-order valence-corrected chi connectivity index (χ1v) is 47.1. The van der Waals surface area contributed by atoms with Crippen molar-refractivity contribution < 1.29 is 0 Å². The van der Waals surface area contributed by atoms with Gasteiger partial charge in [-0.3, -0.25) is 13.7 Å². The van der Waals surface area contributed by atoms with Crippen LogP contribution in [0, 0.1) is 48.5 Å². The number of aromatic nitrogens is 15. The van der Waals surface area contributed by atoms with Gasteiger partial charge in [0.05, 0.1) is 66.2 Å². The molecule has 0 amide bonds. The second kappa shape index (κ2) is 33.8. The van der Waals surface area contributed by atoms with E-state index >= 15 is 0 Å². The minimum Gasteiger partial charge on any atom is -0.307 e. The van der Waals surface area contributed by atoms with Crippen LogP contribution >= 0.6 is 0 Å². The molecule has 15 heteroatoms. The van der Waals surface area contributed by atoms with Crippen LogP contribution in [0.2, 0.25) is 0 Å². The monoisotopic (exact) mass is 1790 g/mol. The summed E-state index contributed by atoms with van der Waals surface area (Å²) in [5, 5.41) is 14.2. The predicted molar refractivity (Wildman–Crippen MR) is 571 cm³/mol. The Bertz CT molecular complexity index is 9350. The van der Waals surface area contributed by atoms with Gasteiger partial charge in [-0.1, -0.05) is 331 Å². The largest absolute Gasteiger partial charge is 0.307 e. The number of hydrogen-bond acceptors (Lipinski definition) is 9. The first kappa shape index (κ1) is 82.7. The summed E-state index contributed by atoms with van der Waals surface area (Å²) >= 11 is 0. The van der Waals surface area contributed by atoms with Crippen molar-refractivity contribution in [1.82, 2.24) is 72.3 Å². The van der Waals surface area contributed by atoms with Gasteiger partial charge in [0.1, 0.15) is 0 Å². The molecule has 0 aliphatic rings. The Balaban J connectivity index is 0.000000110. The summed E-state index contributed by atoms with van der Waals surface area (Å²) in [5.74, 6) is 5.63. The summed E-state index contributed by atoms with van der Waals surface area (Å²) in [6.07, 6.45) is 0. The number of rotatable bonds is 12. The predicted octanol–water partition coefficient (Wildman–Crippen LogP) is 30.4. The number of benzene rings is 18. The molecule has 0 aliphatic carbocycles. The van der Waals surface area contributed by atoms with Crippen molar-refractivity contribution in [3.63, 3.8) is 0 Å². The highest BCUT2D eigenvalue weighted by Gasteiger charge is 2.30. The van der Waals surface area contributed by atoms with Crippen molar-refractivity contribution in [3.05, 3.63) is 451 Å². The van der Waals surface area contributed by atoms with Crippen LogP contribution < -0.4 is 0 Å². The molecule has 0 saturated carbocycles. The lowest BCUT2D eigenvalue weighted by atomic mass is 10.0. The molecule has 27 rings (SSSR count). The van der Waals surface area contributed by atoms with Crippen LogP contribution in [-0.4, -0.2) is 72.3 Å². The Labute approximate surface area is 800 Å². The molecule has 0 N–H and O–H groups in total. The first-order chi connectivity index (χ1) is 68.3. The van der Waals surface area contributed by atoms with E-state index in [-0.39, 0.29) is 0 Å². The molecule has 0 bridgehead atoms. The summed E-state index contributed by atoms with van der Waals surface area (Å²) in [6.45, 7) is 15.0. The summed E-state index contributed by atoms with van der Waals surface area (Å²) < 4.78 is 13.9. The molecule has 9 heterocycles. The molecule has 9 aromatic heterocycles. The van der Waals surface area contributed by atoms with Gasteiger partial charge in [-0.25, -0.2) is 15.0 Å². The van der Waals surface area contributed by atoms with Crippen LogP contribution in [-0.2, 0) is 0 Å². The second-order valence-electron chi connectivity index (χ2n) is 36.2. The van der Waals surface area contributed by atoms with Crippen LogP contribution in [0.15, 0.2) is 413 Å². The van der Waals surface area contributed by atoms with E-state index in [1.165, 1.54) is 87.4 Å². The normalized spacial score (nSPS) is 11.7. The Morgan fingerprint density at radius 3 is 0.741 bits per heavy atom. The van der Waals surface area contributed by atoms with Crippen LogP contribution in [0.5, 0.6) is 0 Å². The van der Waals surface area contributed by atoms with Gasteiger partial charge in [0, 0.05) is 115 Å². The molecular formula is C124H89N15. The highest BCUT2D eigenvalue weighted by molar-refractivity contribution is 6.27. The number of fused-ring (bicyclic) bond motifs is 21. The Morgan fingerprint density at radius 2 is 0.396 bits per heavy atom. The van der Waals surface area contributed by atoms with Crippen molar-refractivity contribution >= 4 is 131 Å². The second-order valence-corrected chi connectivity index (χ2v) is 36.2. The average molecular weight is 1790 g/mol. The van der Waals surface area contributed by atoms with E-state index in [9.17, 15) is 0 Å². The third-order valence-corrected chi connectivity index (χ3v) is 26.8. The summed E-state index contributed by atoms with van der Waals surface area (Å²) in [6, 6.07) is 145. The van der Waals surface area contributed by atoms with Crippen molar-refractivity contribution in [2.24, 2.45) is 0 Å². The molecule has 27 aromatic rings. The quantitative estimate of drug-likeness (QED) is 0.117. The number of hydrogen-bond donors (Lipinski definition) is 0. The van der Waals surface area contributed by atoms with Crippen molar-refractivity contribution in [3.8, 4) is 103 Å². The molecule has 0 radical (unpaired) electrons. The van der Waals surface area contributed by atoms with E-state index < -0.39 is 0 Å². The maximum Gasteiger partial charge on any atom is 0.238 e. The summed E-state index contributed by atoms with van der Waals surface area (Å²) in [4.78, 5) is 46.5. The van der Waals surface area contributed by atoms with E-state index in [0.29, 0.717) is 52.8 Å². The fourth-order valence-electron chi connectivity index (χ4n) is 21.0. The molecule has 0 unspecified atom stereocenters. The van der Waals surface area contributed by atoms with Gasteiger partial charge >= 0.3 is 0 Å². The summed E-state index contributed by atoms with van der Waals surface area (Å²) in [7, 11) is 0. The Morgan fingerprint density at radius 1 is 0.151 bits per heavy atom. The number of aryl methyl sites for hydroxylation is 7. The van der Waals surface area contributed by atoms with E-state index in [0.717, 1.165) is 133 Å². The Kier molecular flexibility index (Phi) is 20.1. The summed E-state index contributed by atoms with van der Waals surface area (Å²) in [5.41, 5.74) is 30.6. The van der Waals surface area contributed by atoms with Gasteiger partial charge in [-0.05, 0) is 169 Å². The SMILES string of the molecule is Cc1cc(C)cc(-c2nc(-c3cc(C)cc(C)c3)nc(-n3c4ccccc4c4ccc5c6ccccc6n(-c6ccccc6)c5c43)n2)c1.Cc1cc2c3ccccc3n(-c3ccccc3)c2c2c1c1ccccc1n2-c1nc(-c2ccccc2)nc(-c2ccccc2)n1.Cc1ccc2c(c1)c1ccc3c4cc(C)ccc4n(-c4nc(-c5ccccc5)nc(-c5ccccc5)n4)c3c1n2-c1ccccc1. The zero-order valence-electron chi connectivity index (χ0n) is 77.5. The topological polar surface area (TPSA) is 146 Å². The van der Waals surface area contributed by atoms with Crippen molar-refractivity contribution in [2.45, 2.75) is 48.5 Å². The fourth-order valence-corrected chi connectivity index (χ4v) is 21.0. The van der Waals surface area contributed by atoms with E-state index in [4.69, 9.17) is 44.9 Å². The van der Waals surface area contributed by atoms with Gasteiger partial charge in [0.25, 0.3) is 0 Å². The molecule has 0 atom stereocenters. The maximum absolute atomic E-state index is 5.29. The molecule has 15 nitrogen and oxygen atoms in total. The molecule has 660 valence electrons. The van der Waals surface area contributed by atoms with Gasteiger partial charge in [-0.15, -0.1) is 0 Å². The molecule has 139 heavy (non-hydrogen) atoms. The lowest BCUT2D eigenvalue weighted by molar-refractivity contribution is 0.952. The highest BCUT2D eigenvalue weighted by Crippen LogP contribution is 2.48. The average Bonchev–Trinajstić information content (AvgIpc) is 1.54. The van der Waals surface area contributed by atoms with Gasteiger partial charge in [-0.2, -0.15) is 29.9 Å². The third-order valence-electron chi connectivity index (χ3n) is 26.8. The first-order valence-electron chi connectivity index (χ1n) is 47.1. The fraction of sp³-hybridized carbons (Fsp3) is 0.0565. The molecule has 0 fully saturated rings. The number of nitrogens with zero attached hydrogens (tertiary/aromatic N) is 15. The molecule has 0 spiro atoms. The van der Waals surface area contributed by atoms with Gasteiger partial charge < -0.3 is 13.7 Å². The third kappa shape index (κ3) is 14.2. The minimum atomic E-state index is 0.588. The molecule has 0 aliphatic heterocycles. The van der Waals surface area contributed by atoms with Crippen LogP contribution in [0.4, 0.5) is 0 Å². The maximum atomic E-state index is 5.29. The lowest BCUT2D eigenvalue weighted by Gasteiger charge is -2.14. The van der Waals surface area contributed by atoms with Gasteiger partial charge in [0.2, 0.25) is 17.8 Å². The molecule has 18 aromatic carbocycles. The molecule has 0 saturated heterocycles. The zero-order chi connectivity index (χ0) is 93.2.